The molecule has 32 heavy (non-hydrogen) atoms. The van der Waals surface area contributed by atoms with Gasteiger partial charge in [-0.3, -0.25) is 4.48 Å². The molecule has 5 rings (SSSR count). The largest absolute Gasteiger partial charge is 0.538 e. The van der Waals surface area contributed by atoms with E-state index in [1.807, 2.05) is 0 Å². The first-order valence-electron chi connectivity index (χ1n) is 11.8. The van der Waals surface area contributed by atoms with E-state index in [1.165, 1.54) is 50.3 Å². The highest BCUT2D eigenvalue weighted by Crippen LogP contribution is 2.39. The summed E-state index contributed by atoms with van der Waals surface area (Å²) in [4.78, 5) is 2.49. The number of nitrogens with zero attached hydrogens (tertiary/aromatic N) is 3. The van der Waals surface area contributed by atoms with Gasteiger partial charge in [0, 0.05) is 11.2 Å². The summed E-state index contributed by atoms with van der Waals surface area (Å²) >= 11 is 0. The number of anilines is 1. The van der Waals surface area contributed by atoms with Crippen molar-refractivity contribution in [1.82, 2.24) is 4.48 Å². The molecule has 0 amide bonds. The molecule has 4 aromatic rings. The molecule has 0 saturated heterocycles. The van der Waals surface area contributed by atoms with Crippen molar-refractivity contribution in [3.8, 4) is 11.4 Å². The van der Waals surface area contributed by atoms with Crippen molar-refractivity contribution in [2.24, 2.45) is 7.05 Å². The second-order valence-electron chi connectivity index (χ2n) is 9.85. The molecule has 0 bridgehead atoms. The van der Waals surface area contributed by atoms with Gasteiger partial charge in [0.2, 0.25) is 0 Å². The van der Waals surface area contributed by atoms with Crippen molar-refractivity contribution >= 4 is 29.2 Å². The molecule has 1 aliphatic rings. The van der Waals surface area contributed by atoms with E-state index in [2.05, 4.69) is 123 Å². The van der Waals surface area contributed by atoms with E-state index in [0.717, 1.165) is 0 Å². The molecule has 3 nitrogen and oxygen atoms in total. The molecular weight excluding hydrogens is 389 g/mol. The quantitative estimate of drug-likeness (QED) is 0.319. The summed E-state index contributed by atoms with van der Waals surface area (Å²) in [6.07, 6.45) is 0. The molecule has 162 valence electrons. The van der Waals surface area contributed by atoms with Crippen LogP contribution >= 0.6 is 0 Å². The van der Waals surface area contributed by atoms with Crippen LogP contribution in [-0.2, 0) is 7.05 Å². The lowest BCUT2D eigenvalue weighted by atomic mass is 9.58. The second kappa shape index (κ2) is 7.55. The monoisotopic (exact) mass is 422 g/mol. The molecule has 0 fully saturated rings. The number of para-hydroxylation sites is 2. The van der Waals surface area contributed by atoms with Gasteiger partial charge < -0.3 is 4.81 Å². The molecular formula is C28H33BN3+. The molecule has 0 aliphatic carbocycles. The number of aromatic nitrogens is 2. The third kappa shape index (κ3) is 2.85. The number of fused-ring (bicyclic) bond motifs is 5. The zero-order chi connectivity index (χ0) is 22.7. The third-order valence-electron chi connectivity index (χ3n) is 7.19. The van der Waals surface area contributed by atoms with Crippen LogP contribution in [0, 0.1) is 6.92 Å². The fraction of sp³-hybridized carbons (Fsp3) is 0.321. The van der Waals surface area contributed by atoms with Crippen LogP contribution in [0.15, 0.2) is 60.7 Å². The summed E-state index contributed by atoms with van der Waals surface area (Å²) in [6, 6.07) is 22.4. The van der Waals surface area contributed by atoms with Gasteiger partial charge in [0.25, 0.3) is 5.82 Å². The van der Waals surface area contributed by atoms with Gasteiger partial charge in [0.05, 0.1) is 12.6 Å². The van der Waals surface area contributed by atoms with Crippen LogP contribution in [0.1, 0.15) is 56.2 Å². The highest BCUT2D eigenvalue weighted by molar-refractivity contribution is 6.77. The van der Waals surface area contributed by atoms with Crippen molar-refractivity contribution in [3.63, 3.8) is 0 Å². The summed E-state index contributed by atoms with van der Waals surface area (Å²) in [5, 5.41) is 0. The molecule has 0 N–H and O–H groups in total. The van der Waals surface area contributed by atoms with E-state index in [0.29, 0.717) is 11.8 Å². The molecule has 0 saturated carbocycles. The summed E-state index contributed by atoms with van der Waals surface area (Å²) in [5.74, 6) is 2.20. The molecule has 0 radical (unpaired) electrons. The van der Waals surface area contributed by atoms with Gasteiger partial charge in [-0.1, -0.05) is 70.2 Å². The van der Waals surface area contributed by atoms with Crippen LogP contribution in [-0.4, -0.2) is 18.5 Å². The molecule has 1 aliphatic heterocycles. The first-order chi connectivity index (χ1) is 15.3. The SMILES string of the molecule is Cc1cccc2c1-c1n(c3ccccc3[n+]1C)B(c1c(C(C)C)cccc1C(C)C)N2C. The van der Waals surface area contributed by atoms with Gasteiger partial charge >= 0.3 is 6.98 Å². The number of benzene rings is 3. The maximum Gasteiger partial charge on any atom is 0.538 e. The lowest BCUT2D eigenvalue weighted by Gasteiger charge is -2.34. The highest BCUT2D eigenvalue weighted by Gasteiger charge is 2.47. The molecule has 4 heteroatoms. The van der Waals surface area contributed by atoms with Gasteiger partial charge in [-0.05, 0) is 60.7 Å². The van der Waals surface area contributed by atoms with E-state index in [-0.39, 0.29) is 6.98 Å². The minimum absolute atomic E-state index is 0.0985. The Bertz CT molecular complexity index is 1310. The number of rotatable bonds is 3. The smallest absolute Gasteiger partial charge is 0.372 e. The standard InChI is InChI=1S/C28H33BN3/c1-18(2)21-13-11-14-22(19(3)4)27(21)29-31(7)25-17-10-12-20(5)26(25)28-30(6)23-15-8-9-16-24(23)32(28)29/h8-19H,1-7H3/q+1. The van der Waals surface area contributed by atoms with Crippen molar-refractivity contribution in [2.45, 2.75) is 46.5 Å². The predicted octanol–water partition coefficient (Wildman–Crippen LogP) is 5.38. The van der Waals surface area contributed by atoms with Crippen molar-refractivity contribution in [3.05, 3.63) is 77.4 Å². The van der Waals surface area contributed by atoms with Crippen LogP contribution in [0.4, 0.5) is 5.69 Å². The zero-order valence-electron chi connectivity index (χ0n) is 20.3. The normalized spacial score (nSPS) is 13.3. The van der Waals surface area contributed by atoms with Gasteiger partial charge in [0.15, 0.2) is 11.0 Å². The maximum atomic E-state index is 2.58. The maximum absolute atomic E-state index is 2.58. The van der Waals surface area contributed by atoms with Crippen LogP contribution in [0.3, 0.4) is 0 Å². The van der Waals surface area contributed by atoms with E-state index in [1.54, 1.807) is 0 Å². The highest BCUT2D eigenvalue weighted by atomic mass is 15.2. The van der Waals surface area contributed by atoms with Crippen molar-refractivity contribution < 1.29 is 4.57 Å². The Labute approximate surface area is 192 Å². The number of hydrogen-bond donors (Lipinski definition) is 0. The molecule has 0 unspecified atom stereocenters. The van der Waals surface area contributed by atoms with Gasteiger partial charge in [-0.15, -0.1) is 0 Å². The predicted molar refractivity (Wildman–Crippen MR) is 137 cm³/mol. The number of hydrogen-bond acceptors (Lipinski definition) is 1. The summed E-state index contributed by atoms with van der Waals surface area (Å²) < 4.78 is 4.96. The van der Waals surface area contributed by atoms with E-state index >= 15 is 0 Å². The van der Waals surface area contributed by atoms with Gasteiger partial charge in [0.1, 0.15) is 0 Å². The molecule has 0 spiro atoms. The minimum atomic E-state index is 0.0985. The lowest BCUT2D eigenvalue weighted by Crippen LogP contribution is -2.58. The van der Waals surface area contributed by atoms with E-state index < -0.39 is 0 Å². The summed E-state index contributed by atoms with van der Waals surface area (Å²) in [5.41, 5.74) is 10.8. The zero-order valence-corrected chi connectivity index (χ0v) is 20.3. The Morgan fingerprint density at radius 3 is 2.09 bits per heavy atom. The molecule has 1 aromatic heterocycles. The second-order valence-corrected chi connectivity index (χ2v) is 9.85. The Morgan fingerprint density at radius 2 is 1.44 bits per heavy atom. The molecule has 0 atom stereocenters. The van der Waals surface area contributed by atoms with Crippen molar-refractivity contribution in [1.29, 1.82) is 0 Å². The Balaban J connectivity index is 1.96. The minimum Gasteiger partial charge on any atom is -0.372 e. The number of imidazole rings is 1. The fourth-order valence-corrected chi connectivity index (χ4v) is 5.65. The Hall–Kier alpha value is -3.01. The van der Waals surface area contributed by atoms with Crippen LogP contribution < -0.4 is 14.8 Å². The van der Waals surface area contributed by atoms with Crippen LogP contribution in [0.2, 0.25) is 0 Å². The van der Waals surface area contributed by atoms with Crippen LogP contribution in [0.5, 0.6) is 0 Å². The first-order valence-corrected chi connectivity index (χ1v) is 11.8. The molecule has 3 aromatic carbocycles. The van der Waals surface area contributed by atoms with Crippen LogP contribution in [0.25, 0.3) is 22.4 Å². The average Bonchev–Trinajstić information content (AvgIpc) is 3.06. The topological polar surface area (TPSA) is 12.0 Å². The Morgan fingerprint density at radius 1 is 0.812 bits per heavy atom. The summed E-state index contributed by atoms with van der Waals surface area (Å²) in [7, 11) is 4.48. The van der Waals surface area contributed by atoms with Crippen molar-refractivity contribution in [2.75, 3.05) is 11.9 Å². The van der Waals surface area contributed by atoms with E-state index in [4.69, 9.17) is 0 Å². The fourth-order valence-electron chi connectivity index (χ4n) is 5.65. The number of aryl methyl sites for hydroxylation is 2. The van der Waals surface area contributed by atoms with E-state index in [9.17, 15) is 0 Å². The summed E-state index contributed by atoms with van der Waals surface area (Å²) in [6.45, 7) is 11.6. The Kier molecular flexibility index (Phi) is 4.92. The first kappa shape index (κ1) is 20.9. The van der Waals surface area contributed by atoms with Gasteiger partial charge in [-0.2, -0.15) is 0 Å². The average molecular weight is 422 g/mol. The lowest BCUT2D eigenvalue weighted by molar-refractivity contribution is -0.633. The molecule has 2 heterocycles. The van der Waals surface area contributed by atoms with Gasteiger partial charge in [-0.25, -0.2) is 4.57 Å². The third-order valence-corrected chi connectivity index (χ3v) is 7.19.